The number of carbonyl (C=O) groups is 1. The molecule has 1 aromatic heterocycles. The number of nitrogens with one attached hydrogen (secondary N) is 2. The summed E-state index contributed by atoms with van der Waals surface area (Å²) in [4.78, 5) is 19.5. The van der Waals surface area contributed by atoms with E-state index in [2.05, 4.69) is 20.5 Å². The van der Waals surface area contributed by atoms with Crippen LogP contribution in [0.4, 0.5) is 10.5 Å². The minimum Gasteiger partial charge on any atom is -0.493 e. The number of anilines is 1. The first-order chi connectivity index (χ1) is 18.1. The van der Waals surface area contributed by atoms with Crippen LogP contribution in [-0.2, 0) is 0 Å². The Balaban J connectivity index is 1.15. The highest BCUT2D eigenvalue weighted by molar-refractivity contribution is 5.90. The highest BCUT2D eigenvalue weighted by atomic mass is 16.5. The molecule has 0 spiro atoms. The molecule has 1 saturated carbocycles. The Labute approximate surface area is 218 Å². The maximum Gasteiger partial charge on any atom is 0.319 e. The molecule has 37 heavy (non-hydrogen) atoms. The third kappa shape index (κ3) is 6.25. The molecule has 196 valence electrons. The summed E-state index contributed by atoms with van der Waals surface area (Å²) in [6.45, 7) is 3.18. The van der Waals surface area contributed by atoms with Gasteiger partial charge in [-0.2, -0.15) is 0 Å². The first kappa shape index (κ1) is 25.1. The summed E-state index contributed by atoms with van der Waals surface area (Å²) >= 11 is 0. The van der Waals surface area contributed by atoms with Gasteiger partial charge in [-0.25, -0.2) is 4.79 Å². The number of urea groups is 1. The zero-order valence-electron chi connectivity index (χ0n) is 21.7. The van der Waals surface area contributed by atoms with Gasteiger partial charge in [-0.3, -0.25) is 4.98 Å². The number of aromatic nitrogens is 1. The van der Waals surface area contributed by atoms with Crippen LogP contribution in [0, 0.1) is 5.92 Å². The summed E-state index contributed by atoms with van der Waals surface area (Å²) in [5.41, 5.74) is 1.46. The van der Waals surface area contributed by atoms with Crippen molar-refractivity contribution in [3.8, 4) is 23.0 Å². The lowest BCUT2D eigenvalue weighted by Gasteiger charge is -2.26. The normalized spacial score (nSPS) is 18.5. The SMILES string of the molecule is COc1cc2nccc(Oc3ccc(NC(=O)NC4CCN(CC5CCCCC5)C4)cc3)c2cc1OC. The zero-order chi connectivity index (χ0) is 25.6. The molecule has 8 nitrogen and oxygen atoms in total. The van der Waals surface area contributed by atoms with Gasteiger partial charge in [0, 0.05) is 49.0 Å². The molecule has 0 radical (unpaired) electrons. The molecule has 1 unspecified atom stereocenters. The summed E-state index contributed by atoms with van der Waals surface area (Å²) in [6.07, 6.45) is 9.54. The molecule has 1 saturated heterocycles. The Bertz CT molecular complexity index is 1210. The maximum absolute atomic E-state index is 12.6. The van der Waals surface area contributed by atoms with Gasteiger partial charge >= 0.3 is 6.03 Å². The van der Waals surface area contributed by atoms with Crippen LogP contribution < -0.4 is 24.8 Å². The predicted octanol–water partition coefficient (Wildman–Crippen LogP) is 5.82. The van der Waals surface area contributed by atoms with Crippen LogP contribution in [0.1, 0.15) is 38.5 Å². The first-order valence-electron chi connectivity index (χ1n) is 13.2. The number of carbonyl (C=O) groups excluding carboxylic acids is 1. The number of fused-ring (bicyclic) bond motifs is 1. The van der Waals surface area contributed by atoms with E-state index in [1.165, 1.54) is 38.6 Å². The van der Waals surface area contributed by atoms with Crippen molar-refractivity contribution in [1.82, 2.24) is 15.2 Å². The lowest BCUT2D eigenvalue weighted by molar-refractivity contribution is 0.227. The number of pyridine rings is 1. The quantitative estimate of drug-likeness (QED) is 0.402. The van der Waals surface area contributed by atoms with Crippen LogP contribution >= 0.6 is 0 Å². The van der Waals surface area contributed by atoms with Gasteiger partial charge in [0.1, 0.15) is 11.5 Å². The van der Waals surface area contributed by atoms with Gasteiger partial charge in [0.25, 0.3) is 0 Å². The van der Waals surface area contributed by atoms with Gasteiger partial charge in [-0.1, -0.05) is 19.3 Å². The van der Waals surface area contributed by atoms with E-state index in [0.29, 0.717) is 28.7 Å². The molecule has 3 aromatic rings. The maximum atomic E-state index is 12.6. The Morgan fingerprint density at radius 3 is 2.49 bits per heavy atom. The van der Waals surface area contributed by atoms with Gasteiger partial charge in [-0.15, -0.1) is 0 Å². The largest absolute Gasteiger partial charge is 0.493 e. The molecule has 2 aliphatic rings. The van der Waals surface area contributed by atoms with E-state index in [0.717, 1.165) is 36.3 Å². The van der Waals surface area contributed by atoms with Gasteiger partial charge < -0.3 is 29.7 Å². The zero-order valence-corrected chi connectivity index (χ0v) is 21.7. The molecule has 1 aliphatic carbocycles. The Kier molecular flexibility index (Phi) is 7.94. The van der Waals surface area contributed by atoms with Crippen molar-refractivity contribution in [3.05, 3.63) is 48.7 Å². The van der Waals surface area contributed by atoms with Crippen molar-refractivity contribution < 1.29 is 19.0 Å². The molecule has 0 bridgehead atoms. The van der Waals surface area contributed by atoms with Crippen molar-refractivity contribution in [3.63, 3.8) is 0 Å². The van der Waals surface area contributed by atoms with Crippen LogP contribution in [0.3, 0.4) is 0 Å². The fourth-order valence-electron chi connectivity index (χ4n) is 5.47. The number of ether oxygens (including phenoxy) is 3. The van der Waals surface area contributed by atoms with E-state index in [-0.39, 0.29) is 12.1 Å². The van der Waals surface area contributed by atoms with Crippen molar-refractivity contribution in [2.24, 2.45) is 5.92 Å². The third-order valence-corrected chi connectivity index (χ3v) is 7.40. The standard InChI is InChI=1S/C29H36N4O4/c1-35-27-16-24-25(17-28(27)36-2)30-14-12-26(24)37-23-10-8-21(9-11-23)31-29(34)32-22-13-15-33(19-22)18-20-6-4-3-5-7-20/h8-12,14,16-17,20,22H,3-7,13,15,18-19H2,1-2H3,(H2,31,32,34). The minimum absolute atomic E-state index is 0.167. The topological polar surface area (TPSA) is 85.0 Å². The molecule has 2 N–H and O–H groups in total. The summed E-state index contributed by atoms with van der Waals surface area (Å²) in [7, 11) is 3.20. The fraction of sp³-hybridized carbons (Fsp3) is 0.448. The van der Waals surface area contributed by atoms with Crippen LogP contribution in [0.2, 0.25) is 0 Å². The van der Waals surface area contributed by atoms with E-state index in [1.807, 2.05) is 42.5 Å². The van der Waals surface area contributed by atoms with Crippen molar-refractivity contribution in [2.45, 2.75) is 44.6 Å². The highest BCUT2D eigenvalue weighted by Crippen LogP contribution is 2.37. The van der Waals surface area contributed by atoms with E-state index < -0.39 is 0 Å². The summed E-state index contributed by atoms with van der Waals surface area (Å²) in [6, 6.07) is 12.9. The molecular formula is C29H36N4O4. The van der Waals surface area contributed by atoms with Crippen molar-refractivity contribution in [2.75, 3.05) is 39.2 Å². The highest BCUT2D eigenvalue weighted by Gasteiger charge is 2.26. The lowest BCUT2D eigenvalue weighted by atomic mass is 9.89. The number of methoxy groups -OCH3 is 2. The van der Waals surface area contributed by atoms with E-state index >= 15 is 0 Å². The molecule has 1 atom stereocenters. The molecule has 2 heterocycles. The number of likely N-dealkylation sites (tertiary alicyclic amines) is 1. The average molecular weight is 505 g/mol. The summed E-state index contributed by atoms with van der Waals surface area (Å²) in [5.74, 6) is 3.36. The minimum atomic E-state index is -0.167. The second kappa shape index (κ2) is 11.7. The number of benzene rings is 2. The molecule has 2 aromatic carbocycles. The summed E-state index contributed by atoms with van der Waals surface area (Å²) < 4.78 is 16.9. The fourth-order valence-corrected chi connectivity index (χ4v) is 5.47. The molecule has 8 heteroatoms. The van der Waals surface area contributed by atoms with Gasteiger partial charge in [-0.05, 0) is 61.6 Å². The monoisotopic (exact) mass is 504 g/mol. The van der Waals surface area contributed by atoms with Crippen LogP contribution in [0.15, 0.2) is 48.7 Å². The number of hydrogen-bond donors (Lipinski definition) is 2. The Morgan fingerprint density at radius 1 is 0.973 bits per heavy atom. The molecule has 2 fully saturated rings. The van der Waals surface area contributed by atoms with E-state index in [4.69, 9.17) is 14.2 Å². The Hall–Kier alpha value is -3.52. The second-order valence-electron chi connectivity index (χ2n) is 10.0. The smallest absolute Gasteiger partial charge is 0.319 e. The van der Waals surface area contributed by atoms with Crippen molar-refractivity contribution >= 4 is 22.6 Å². The summed E-state index contributed by atoms with van der Waals surface area (Å²) in [5, 5.41) is 6.90. The van der Waals surface area contributed by atoms with Gasteiger partial charge in [0.15, 0.2) is 11.5 Å². The number of rotatable bonds is 8. The molecule has 2 amide bonds. The predicted molar refractivity (Wildman–Crippen MR) is 145 cm³/mol. The Morgan fingerprint density at radius 2 is 1.73 bits per heavy atom. The van der Waals surface area contributed by atoms with Gasteiger partial charge in [0.2, 0.25) is 0 Å². The van der Waals surface area contributed by atoms with E-state index in [9.17, 15) is 4.79 Å². The molecule has 5 rings (SSSR count). The number of nitrogens with zero attached hydrogens (tertiary/aromatic N) is 2. The van der Waals surface area contributed by atoms with Gasteiger partial charge in [0.05, 0.1) is 19.7 Å². The molecular weight excluding hydrogens is 468 g/mol. The van der Waals surface area contributed by atoms with Crippen LogP contribution in [0.25, 0.3) is 10.9 Å². The van der Waals surface area contributed by atoms with Crippen molar-refractivity contribution in [1.29, 1.82) is 0 Å². The van der Waals surface area contributed by atoms with Crippen LogP contribution in [-0.4, -0.2) is 55.8 Å². The van der Waals surface area contributed by atoms with Crippen LogP contribution in [0.5, 0.6) is 23.0 Å². The van der Waals surface area contributed by atoms with E-state index in [1.54, 1.807) is 20.4 Å². The lowest BCUT2D eigenvalue weighted by Crippen LogP contribution is -2.40. The number of amides is 2. The number of hydrogen-bond acceptors (Lipinski definition) is 6. The average Bonchev–Trinajstić information content (AvgIpc) is 3.36. The second-order valence-corrected chi connectivity index (χ2v) is 10.0. The molecule has 1 aliphatic heterocycles. The first-order valence-corrected chi connectivity index (χ1v) is 13.2. The third-order valence-electron chi connectivity index (χ3n) is 7.40.